The molecule has 1 aromatic carbocycles. The molecule has 0 fully saturated rings. The monoisotopic (exact) mass is 310 g/mol. The number of nitriles is 1. The first-order valence-electron chi connectivity index (χ1n) is 6.71. The Hall–Kier alpha value is -1.42. The van der Waals surface area contributed by atoms with E-state index in [0.29, 0.717) is 24.3 Å². The van der Waals surface area contributed by atoms with Gasteiger partial charge >= 0.3 is 0 Å². The summed E-state index contributed by atoms with van der Waals surface area (Å²) in [6, 6.07) is 6.52. The van der Waals surface area contributed by atoms with Crippen molar-refractivity contribution in [2.75, 3.05) is 20.3 Å². The zero-order chi connectivity index (χ0) is 16.1. The standard InChI is InChI=1S/C15H22N2O3S/c1-12-9-14(6-5-13(12)10-16)21(18,19)17-11-15(2,3)7-8-20-4/h5-6,9,17H,7-8,11H2,1-4H3. The summed E-state index contributed by atoms with van der Waals surface area (Å²) in [6.45, 7) is 6.61. The van der Waals surface area contributed by atoms with E-state index < -0.39 is 10.0 Å². The quantitative estimate of drug-likeness (QED) is 0.837. The van der Waals surface area contributed by atoms with Gasteiger partial charge in [-0.15, -0.1) is 0 Å². The minimum absolute atomic E-state index is 0.182. The maximum absolute atomic E-state index is 12.3. The summed E-state index contributed by atoms with van der Waals surface area (Å²) in [4.78, 5) is 0.182. The van der Waals surface area contributed by atoms with E-state index in [2.05, 4.69) is 4.72 Å². The zero-order valence-electron chi connectivity index (χ0n) is 12.9. The molecule has 0 spiro atoms. The fourth-order valence-corrected chi connectivity index (χ4v) is 3.10. The van der Waals surface area contributed by atoms with Crippen LogP contribution in [0.4, 0.5) is 0 Å². The second kappa shape index (κ2) is 7.03. The van der Waals surface area contributed by atoms with Crippen LogP contribution in [0.15, 0.2) is 23.1 Å². The van der Waals surface area contributed by atoms with E-state index in [0.717, 1.165) is 6.42 Å². The topological polar surface area (TPSA) is 79.2 Å². The molecular weight excluding hydrogens is 288 g/mol. The molecule has 0 saturated carbocycles. The van der Waals surface area contributed by atoms with Crippen molar-refractivity contribution in [1.82, 2.24) is 4.72 Å². The van der Waals surface area contributed by atoms with Crippen LogP contribution in [0.2, 0.25) is 0 Å². The van der Waals surface area contributed by atoms with Gasteiger partial charge < -0.3 is 4.74 Å². The van der Waals surface area contributed by atoms with Crippen molar-refractivity contribution >= 4 is 10.0 Å². The Kier molecular flexibility index (Phi) is 5.90. The van der Waals surface area contributed by atoms with Crippen molar-refractivity contribution in [1.29, 1.82) is 5.26 Å². The Morgan fingerprint density at radius 2 is 2.05 bits per heavy atom. The van der Waals surface area contributed by atoms with E-state index in [4.69, 9.17) is 10.00 Å². The third-order valence-electron chi connectivity index (χ3n) is 3.35. The summed E-state index contributed by atoms with van der Waals surface area (Å²) in [5.41, 5.74) is 0.943. The first-order valence-corrected chi connectivity index (χ1v) is 8.19. The van der Waals surface area contributed by atoms with Gasteiger partial charge in [-0.25, -0.2) is 13.1 Å². The Balaban J connectivity index is 2.83. The number of nitrogens with zero attached hydrogens (tertiary/aromatic N) is 1. The molecule has 6 heteroatoms. The number of ether oxygens (including phenoxy) is 1. The molecule has 116 valence electrons. The predicted molar refractivity (Wildman–Crippen MR) is 81.4 cm³/mol. The van der Waals surface area contributed by atoms with Crippen LogP contribution in [-0.2, 0) is 14.8 Å². The summed E-state index contributed by atoms with van der Waals surface area (Å²) in [7, 11) is -1.94. The number of rotatable bonds is 7. The van der Waals surface area contributed by atoms with Crippen LogP contribution in [0.3, 0.4) is 0 Å². The molecule has 0 atom stereocenters. The molecule has 21 heavy (non-hydrogen) atoms. The van der Waals surface area contributed by atoms with Gasteiger partial charge in [0.05, 0.1) is 16.5 Å². The number of nitrogens with one attached hydrogen (secondary N) is 1. The molecule has 0 aromatic heterocycles. The minimum atomic E-state index is -3.57. The molecule has 0 heterocycles. The number of benzene rings is 1. The Morgan fingerprint density at radius 1 is 1.38 bits per heavy atom. The lowest BCUT2D eigenvalue weighted by Gasteiger charge is -2.24. The van der Waals surface area contributed by atoms with Gasteiger partial charge in [0, 0.05) is 20.3 Å². The molecule has 1 aromatic rings. The first-order chi connectivity index (χ1) is 9.72. The molecule has 0 aliphatic carbocycles. The van der Waals surface area contributed by atoms with Crippen molar-refractivity contribution in [3.8, 4) is 6.07 Å². The second-order valence-corrected chi connectivity index (χ2v) is 7.59. The van der Waals surface area contributed by atoms with Crippen molar-refractivity contribution < 1.29 is 13.2 Å². The van der Waals surface area contributed by atoms with E-state index in [1.807, 2.05) is 19.9 Å². The molecule has 5 nitrogen and oxygen atoms in total. The van der Waals surface area contributed by atoms with Gasteiger partial charge in [0.25, 0.3) is 0 Å². The number of sulfonamides is 1. The SMILES string of the molecule is COCCC(C)(C)CNS(=O)(=O)c1ccc(C#N)c(C)c1. The highest BCUT2D eigenvalue weighted by molar-refractivity contribution is 7.89. The normalized spacial score (nSPS) is 12.1. The molecule has 0 bridgehead atoms. The maximum atomic E-state index is 12.3. The van der Waals surface area contributed by atoms with E-state index in [1.165, 1.54) is 18.2 Å². The Labute approximate surface area is 127 Å². The fraction of sp³-hybridized carbons (Fsp3) is 0.533. The Morgan fingerprint density at radius 3 is 2.57 bits per heavy atom. The van der Waals surface area contributed by atoms with Gasteiger partial charge in [-0.2, -0.15) is 5.26 Å². The van der Waals surface area contributed by atoms with E-state index in [1.54, 1.807) is 14.0 Å². The molecule has 1 rings (SSSR count). The van der Waals surface area contributed by atoms with E-state index >= 15 is 0 Å². The number of hydrogen-bond donors (Lipinski definition) is 1. The molecule has 0 saturated heterocycles. The maximum Gasteiger partial charge on any atom is 0.240 e. The highest BCUT2D eigenvalue weighted by atomic mass is 32.2. The average molecular weight is 310 g/mol. The van der Waals surface area contributed by atoms with Gasteiger partial charge in [-0.3, -0.25) is 0 Å². The largest absolute Gasteiger partial charge is 0.385 e. The van der Waals surface area contributed by atoms with Gasteiger partial charge in [-0.05, 0) is 42.5 Å². The molecule has 0 aliphatic heterocycles. The van der Waals surface area contributed by atoms with Gasteiger partial charge in [0.1, 0.15) is 0 Å². The van der Waals surface area contributed by atoms with Crippen LogP contribution >= 0.6 is 0 Å². The average Bonchev–Trinajstić information content (AvgIpc) is 2.43. The fourth-order valence-electron chi connectivity index (χ4n) is 1.77. The summed E-state index contributed by atoms with van der Waals surface area (Å²) in [5.74, 6) is 0. The molecule has 1 N–H and O–H groups in total. The third kappa shape index (κ3) is 5.12. The molecular formula is C15H22N2O3S. The van der Waals surface area contributed by atoms with Crippen LogP contribution in [0.5, 0.6) is 0 Å². The summed E-state index contributed by atoms with van der Waals surface area (Å²) < 4.78 is 32.2. The van der Waals surface area contributed by atoms with Crippen LogP contribution < -0.4 is 4.72 Å². The number of hydrogen-bond acceptors (Lipinski definition) is 4. The lowest BCUT2D eigenvalue weighted by atomic mass is 9.90. The van der Waals surface area contributed by atoms with Gasteiger partial charge in [-0.1, -0.05) is 13.8 Å². The Bertz CT molecular complexity index is 631. The lowest BCUT2D eigenvalue weighted by Crippen LogP contribution is -2.34. The molecule has 0 aliphatic rings. The highest BCUT2D eigenvalue weighted by Crippen LogP contribution is 2.21. The van der Waals surface area contributed by atoms with E-state index in [-0.39, 0.29) is 10.3 Å². The van der Waals surface area contributed by atoms with Crippen LogP contribution in [0.25, 0.3) is 0 Å². The number of aryl methyl sites for hydroxylation is 1. The zero-order valence-corrected chi connectivity index (χ0v) is 13.8. The van der Waals surface area contributed by atoms with Crippen molar-refractivity contribution in [2.24, 2.45) is 5.41 Å². The predicted octanol–water partition coefficient (Wildman–Crippen LogP) is 2.21. The van der Waals surface area contributed by atoms with Crippen molar-refractivity contribution in [3.05, 3.63) is 29.3 Å². The molecule has 0 unspecified atom stereocenters. The summed E-state index contributed by atoms with van der Waals surface area (Å²) in [5, 5.41) is 8.88. The third-order valence-corrected chi connectivity index (χ3v) is 4.75. The van der Waals surface area contributed by atoms with Gasteiger partial charge in [0.2, 0.25) is 10.0 Å². The molecule has 0 radical (unpaired) electrons. The summed E-state index contributed by atoms with van der Waals surface area (Å²) >= 11 is 0. The second-order valence-electron chi connectivity index (χ2n) is 5.82. The molecule has 0 amide bonds. The van der Waals surface area contributed by atoms with Gasteiger partial charge in [0.15, 0.2) is 0 Å². The number of methoxy groups -OCH3 is 1. The van der Waals surface area contributed by atoms with Crippen LogP contribution in [0, 0.1) is 23.7 Å². The van der Waals surface area contributed by atoms with Crippen molar-refractivity contribution in [2.45, 2.75) is 32.1 Å². The highest BCUT2D eigenvalue weighted by Gasteiger charge is 2.22. The summed E-state index contributed by atoms with van der Waals surface area (Å²) in [6.07, 6.45) is 0.762. The first kappa shape index (κ1) is 17.6. The van der Waals surface area contributed by atoms with Crippen LogP contribution in [-0.4, -0.2) is 28.7 Å². The van der Waals surface area contributed by atoms with Crippen LogP contribution in [0.1, 0.15) is 31.4 Å². The van der Waals surface area contributed by atoms with Crippen molar-refractivity contribution in [3.63, 3.8) is 0 Å². The van der Waals surface area contributed by atoms with E-state index in [9.17, 15) is 8.42 Å². The minimum Gasteiger partial charge on any atom is -0.385 e. The lowest BCUT2D eigenvalue weighted by molar-refractivity contribution is 0.153. The smallest absolute Gasteiger partial charge is 0.240 e.